The van der Waals surface area contributed by atoms with Gasteiger partial charge in [-0.3, -0.25) is 4.79 Å². The lowest BCUT2D eigenvalue weighted by Crippen LogP contribution is -2.38. The fourth-order valence-corrected chi connectivity index (χ4v) is 3.60. The lowest BCUT2D eigenvalue weighted by Gasteiger charge is -2.30. The minimum absolute atomic E-state index is 0.111. The second-order valence-electron chi connectivity index (χ2n) is 7.54. The Labute approximate surface area is 171 Å². The topological polar surface area (TPSA) is 70.2 Å². The first kappa shape index (κ1) is 20.6. The summed E-state index contributed by atoms with van der Waals surface area (Å²) in [4.78, 5) is 23.9. The van der Waals surface area contributed by atoms with Gasteiger partial charge in [-0.05, 0) is 50.6 Å². The monoisotopic (exact) mass is 401 g/mol. The van der Waals surface area contributed by atoms with Gasteiger partial charge >= 0.3 is 0 Å². The molecule has 0 aliphatic carbocycles. The maximum atomic E-state index is 13.0. The standard InChI is InChI=1S/C21H28ClN5O/c1-14(2)25-21-24-12-16-8-9-27(13-19(16)26-21)20(28)10-17(11-23-3)15-4-6-18(22)7-5-15/h4-7,12,14,17,23H,8-11,13H2,1-3H3,(H,24,25,26)/t17-/m1/s1. The molecule has 28 heavy (non-hydrogen) atoms. The highest BCUT2D eigenvalue weighted by Gasteiger charge is 2.25. The Hall–Kier alpha value is -2.18. The van der Waals surface area contributed by atoms with Gasteiger partial charge in [0.25, 0.3) is 0 Å². The quantitative estimate of drug-likeness (QED) is 0.745. The molecule has 0 radical (unpaired) electrons. The van der Waals surface area contributed by atoms with Gasteiger partial charge in [0.15, 0.2) is 0 Å². The van der Waals surface area contributed by atoms with Gasteiger partial charge in [-0.1, -0.05) is 23.7 Å². The zero-order valence-corrected chi connectivity index (χ0v) is 17.5. The van der Waals surface area contributed by atoms with Gasteiger partial charge in [0, 0.05) is 42.7 Å². The average molecular weight is 402 g/mol. The Bertz CT molecular complexity index is 809. The molecule has 1 amide bonds. The molecule has 1 aromatic heterocycles. The van der Waals surface area contributed by atoms with Gasteiger partial charge in [0.1, 0.15) is 0 Å². The second kappa shape index (κ2) is 9.34. The van der Waals surface area contributed by atoms with Crippen LogP contribution in [0.4, 0.5) is 5.95 Å². The number of nitrogens with one attached hydrogen (secondary N) is 2. The summed E-state index contributed by atoms with van der Waals surface area (Å²) in [6.45, 7) is 6.09. The number of rotatable bonds is 7. The third kappa shape index (κ3) is 5.20. The number of carbonyl (C=O) groups is 1. The van der Waals surface area contributed by atoms with Crippen LogP contribution < -0.4 is 10.6 Å². The van der Waals surface area contributed by atoms with Crippen LogP contribution in [0.5, 0.6) is 0 Å². The first-order valence-corrected chi connectivity index (χ1v) is 10.1. The van der Waals surface area contributed by atoms with Crippen molar-refractivity contribution in [3.63, 3.8) is 0 Å². The van der Waals surface area contributed by atoms with Crippen LogP contribution in [-0.2, 0) is 17.8 Å². The number of halogens is 1. The fraction of sp³-hybridized carbons (Fsp3) is 0.476. The maximum absolute atomic E-state index is 13.0. The first-order chi connectivity index (χ1) is 13.5. The van der Waals surface area contributed by atoms with Crippen LogP contribution in [0.25, 0.3) is 0 Å². The third-order valence-electron chi connectivity index (χ3n) is 4.93. The van der Waals surface area contributed by atoms with Crippen molar-refractivity contribution in [2.75, 3.05) is 25.5 Å². The number of anilines is 1. The molecule has 150 valence electrons. The van der Waals surface area contributed by atoms with Crippen LogP contribution in [0.2, 0.25) is 5.02 Å². The van der Waals surface area contributed by atoms with Gasteiger partial charge in [0.2, 0.25) is 11.9 Å². The van der Waals surface area contributed by atoms with Crippen molar-refractivity contribution in [1.29, 1.82) is 0 Å². The molecule has 0 saturated carbocycles. The van der Waals surface area contributed by atoms with Crippen molar-refractivity contribution in [1.82, 2.24) is 20.2 Å². The van der Waals surface area contributed by atoms with Crippen molar-refractivity contribution < 1.29 is 4.79 Å². The SMILES string of the molecule is CNC[C@@H](CC(=O)N1CCc2cnc(NC(C)C)nc2C1)c1ccc(Cl)cc1. The highest BCUT2D eigenvalue weighted by Crippen LogP contribution is 2.24. The molecular formula is C21H28ClN5O. The highest BCUT2D eigenvalue weighted by molar-refractivity contribution is 6.30. The van der Waals surface area contributed by atoms with Gasteiger partial charge in [-0.25, -0.2) is 9.97 Å². The zero-order valence-electron chi connectivity index (χ0n) is 16.7. The molecule has 0 fully saturated rings. The molecule has 1 aromatic carbocycles. The van der Waals surface area contributed by atoms with Crippen molar-refractivity contribution in [3.05, 3.63) is 52.3 Å². The molecule has 2 N–H and O–H groups in total. The van der Waals surface area contributed by atoms with Crippen molar-refractivity contribution in [2.45, 2.75) is 45.2 Å². The molecule has 0 saturated heterocycles. The number of amides is 1. The number of fused-ring (bicyclic) bond motifs is 1. The van der Waals surface area contributed by atoms with E-state index in [0.29, 0.717) is 30.5 Å². The van der Waals surface area contributed by atoms with Crippen molar-refractivity contribution >= 4 is 23.5 Å². The summed E-state index contributed by atoms with van der Waals surface area (Å²) in [5.41, 5.74) is 3.19. The molecular weight excluding hydrogens is 374 g/mol. The number of hydrogen-bond donors (Lipinski definition) is 2. The first-order valence-electron chi connectivity index (χ1n) is 9.75. The molecule has 7 heteroatoms. The van der Waals surface area contributed by atoms with Gasteiger partial charge in [0.05, 0.1) is 12.2 Å². The molecule has 0 spiro atoms. The number of aromatic nitrogens is 2. The van der Waals surface area contributed by atoms with E-state index < -0.39 is 0 Å². The molecule has 2 heterocycles. The van der Waals surface area contributed by atoms with Gasteiger partial charge in [-0.15, -0.1) is 0 Å². The zero-order chi connectivity index (χ0) is 20.1. The van der Waals surface area contributed by atoms with Crippen molar-refractivity contribution in [2.24, 2.45) is 0 Å². The van der Waals surface area contributed by atoms with E-state index in [-0.39, 0.29) is 17.9 Å². The Morgan fingerprint density at radius 2 is 2.04 bits per heavy atom. The normalized spacial score (nSPS) is 14.7. The van der Waals surface area contributed by atoms with Gasteiger partial charge < -0.3 is 15.5 Å². The Morgan fingerprint density at radius 1 is 1.29 bits per heavy atom. The van der Waals surface area contributed by atoms with E-state index in [9.17, 15) is 4.79 Å². The molecule has 6 nitrogen and oxygen atoms in total. The van der Waals surface area contributed by atoms with Gasteiger partial charge in [-0.2, -0.15) is 0 Å². The predicted molar refractivity (Wildman–Crippen MR) is 113 cm³/mol. The van der Waals surface area contributed by atoms with Crippen LogP contribution in [0, 0.1) is 0 Å². The van der Waals surface area contributed by atoms with Crippen LogP contribution in [0.15, 0.2) is 30.5 Å². The summed E-state index contributed by atoms with van der Waals surface area (Å²) in [5.74, 6) is 0.884. The molecule has 1 atom stereocenters. The van der Waals surface area contributed by atoms with E-state index in [1.54, 1.807) is 0 Å². The Kier molecular flexibility index (Phi) is 6.86. The molecule has 2 aromatic rings. The lowest BCUT2D eigenvalue weighted by atomic mass is 9.94. The van der Waals surface area contributed by atoms with E-state index in [2.05, 4.69) is 34.4 Å². The maximum Gasteiger partial charge on any atom is 0.223 e. The molecule has 0 bridgehead atoms. The minimum atomic E-state index is 0.111. The highest BCUT2D eigenvalue weighted by atomic mass is 35.5. The van der Waals surface area contributed by atoms with Crippen LogP contribution in [0.1, 0.15) is 43.0 Å². The second-order valence-corrected chi connectivity index (χ2v) is 7.98. The summed E-state index contributed by atoms with van der Waals surface area (Å²) in [6, 6.07) is 8.02. The van der Waals surface area contributed by atoms with Crippen LogP contribution in [-0.4, -0.2) is 47.0 Å². The smallest absolute Gasteiger partial charge is 0.223 e. The Balaban J connectivity index is 1.69. The van der Waals surface area contributed by atoms with E-state index in [1.807, 2.05) is 42.4 Å². The van der Waals surface area contributed by atoms with E-state index >= 15 is 0 Å². The van der Waals surface area contributed by atoms with Crippen LogP contribution in [0.3, 0.4) is 0 Å². The predicted octanol–water partition coefficient (Wildman–Crippen LogP) is 3.23. The molecule has 1 aliphatic heterocycles. The number of hydrogen-bond acceptors (Lipinski definition) is 5. The Morgan fingerprint density at radius 3 is 2.71 bits per heavy atom. The van der Waals surface area contributed by atoms with Crippen LogP contribution >= 0.6 is 11.6 Å². The number of benzene rings is 1. The van der Waals surface area contributed by atoms with E-state index in [4.69, 9.17) is 11.6 Å². The van der Waals surface area contributed by atoms with E-state index in [1.165, 1.54) is 0 Å². The number of nitrogens with zero attached hydrogens (tertiary/aromatic N) is 3. The minimum Gasteiger partial charge on any atom is -0.352 e. The van der Waals surface area contributed by atoms with Crippen molar-refractivity contribution in [3.8, 4) is 0 Å². The summed E-state index contributed by atoms with van der Waals surface area (Å²) < 4.78 is 0. The third-order valence-corrected chi connectivity index (χ3v) is 5.18. The average Bonchev–Trinajstić information content (AvgIpc) is 2.67. The summed E-state index contributed by atoms with van der Waals surface area (Å²) in [5, 5.41) is 7.13. The summed E-state index contributed by atoms with van der Waals surface area (Å²) >= 11 is 6.00. The summed E-state index contributed by atoms with van der Waals surface area (Å²) in [6.07, 6.45) is 3.13. The molecule has 0 unspecified atom stereocenters. The number of carbonyl (C=O) groups excluding carboxylic acids is 1. The lowest BCUT2D eigenvalue weighted by molar-refractivity contribution is -0.132. The summed E-state index contributed by atoms with van der Waals surface area (Å²) in [7, 11) is 1.91. The largest absolute Gasteiger partial charge is 0.352 e. The fourth-order valence-electron chi connectivity index (χ4n) is 3.47. The number of likely N-dealkylation sites (N-methyl/N-ethyl adjacent to an activating group) is 1. The molecule has 1 aliphatic rings. The molecule has 3 rings (SSSR count). The van der Waals surface area contributed by atoms with E-state index in [0.717, 1.165) is 29.8 Å².